The summed E-state index contributed by atoms with van der Waals surface area (Å²) < 4.78 is 60.6. The third-order valence-electron chi connectivity index (χ3n) is 4.24. The molecule has 0 spiro atoms. The number of aromatic nitrogens is 2. The first-order chi connectivity index (χ1) is 14.5. The van der Waals surface area contributed by atoms with Gasteiger partial charge in [0.05, 0.1) is 15.8 Å². The highest BCUT2D eigenvalue weighted by Gasteiger charge is 2.33. The number of hydrogen-bond donors (Lipinski definition) is 2. The van der Waals surface area contributed by atoms with Crippen LogP contribution in [0.15, 0.2) is 48.0 Å². The summed E-state index contributed by atoms with van der Waals surface area (Å²) in [5.41, 5.74) is -0.256. The lowest BCUT2D eigenvalue weighted by molar-refractivity contribution is 0.00707. The van der Waals surface area contributed by atoms with E-state index in [1.165, 1.54) is 17.7 Å². The normalized spacial score (nSPS) is 17.8. The highest BCUT2D eigenvalue weighted by molar-refractivity contribution is 7.94. The molecule has 1 heterocycles. The molecule has 0 unspecified atom stereocenters. The van der Waals surface area contributed by atoms with Gasteiger partial charge in [-0.15, -0.1) is 0 Å². The number of nitrogens with one attached hydrogen (secondary N) is 2. The highest BCUT2D eigenvalue weighted by atomic mass is 32.2. The van der Waals surface area contributed by atoms with Gasteiger partial charge in [0.1, 0.15) is 11.3 Å². The number of nitrogens with zero attached hydrogens (tertiary/aromatic N) is 2. The van der Waals surface area contributed by atoms with Crippen molar-refractivity contribution < 1.29 is 23.9 Å². The largest absolute Gasteiger partial charge is 0.438 e. The van der Waals surface area contributed by atoms with Crippen LogP contribution in [-0.2, 0) is 15.7 Å². The molecular weight excluding hydrogens is 414 g/mol. The first-order valence-electron chi connectivity index (χ1n) is 9.63. The fourth-order valence-corrected chi connectivity index (χ4v) is 3.04. The van der Waals surface area contributed by atoms with E-state index in [0.29, 0.717) is 12.2 Å². The maximum atomic E-state index is 13.8. The van der Waals surface area contributed by atoms with Crippen molar-refractivity contribution >= 4 is 15.6 Å². The molecule has 1 aromatic carbocycles. The number of para-hydroxylation sites is 1. The standard InChI is InChI=1S/C20H22F2N4O3S/c1-20(21,22)19-24-12-15(18(26-19)29-14-6-4-3-5-7-14)17(27)25-16(13-8-9-13)10-11-30(2,23)28/h3-7,10-13,16,23H,8-9H2,1-2H3,(H,25,27)/b11-10+/t16-,30+/m0/s1/i/hD. The van der Waals surface area contributed by atoms with E-state index in [2.05, 4.69) is 9.97 Å². The zero-order chi connectivity index (χ0) is 22.8. The Balaban J connectivity index is 1.97. The van der Waals surface area contributed by atoms with Gasteiger partial charge in [-0.25, -0.2) is 14.0 Å². The highest BCUT2D eigenvalue weighted by Crippen LogP contribution is 2.34. The molecule has 0 radical (unpaired) electrons. The maximum absolute atomic E-state index is 13.8. The zero-order valence-electron chi connectivity index (χ0n) is 17.4. The molecule has 1 aliphatic rings. The second-order valence-electron chi connectivity index (χ2n) is 7.21. The number of benzene rings is 1. The fraction of sp³-hybridized carbons (Fsp3) is 0.350. The summed E-state index contributed by atoms with van der Waals surface area (Å²) in [4.78, 5) is 20.4. The van der Waals surface area contributed by atoms with Crippen LogP contribution in [-0.4, -0.2) is 32.4 Å². The third-order valence-corrected chi connectivity index (χ3v) is 4.92. The molecule has 1 amide bonds. The van der Waals surface area contributed by atoms with Crippen molar-refractivity contribution in [1.82, 2.24) is 15.3 Å². The van der Waals surface area contributed by atoms with Crippen LogP contribution >= 0.6 is 0 Å². The summed E-state index contributed by atoms with van der Waals surface area (Å²) in [6.45, 7) is 0.629. The average Bonchev–Trinajstić information content (AvgIpc) is 3.52. The predicted octanol–water partition coefficient (Wildman–Crippen LogP) is 4.08. The lowest BCUT2D eigenvalue weighted by Crippen LogP contribution is -2.35. The van der Waals surface area contributed by atoms with Crippen LogP contribution in [0.4, 0.5) is 8.78 Å². The zero-order valence-corrected chi connectivity index (χ0v) is 17.2. The van der Waals surface area contributed by atoms with Gasteiger partial charge in [-0.1, -0.05) is 24.3 Å². The Morgan fingerprint density at radius 1 is 1.43 bits per heavy atom. The molecule has 1 aliphatic carbocycles. The van der Waals surface area contributed by atoms with E-state index in [1.807, 2.05) is 0 Å². The van der Waals surface area contributed by atoms with Gasteiger partial charge in [-0.05, 0) is 30.9 Å². The van der Waals surface area contributed by atoms with Gasteiger partial charge < -0.3 is 10.0 Å². The molecule has 0 bridgehead atoms. The molecule has 0 aliphatic heterocycles. The summed E-state index contributed by atoms with van der Waals surface area (Å²) in [6.07, 6.45) is 5.10. The number of carbonyl (C=O) groups excluding carboxylic acids is 1. The van der Waals surface area contributed by atoms with Crippen LogP contribution in [0.5, 0.6) is 11.6 Å². The Hall–Kier alpha value is -2.88. The van der Waals surface area contributed by atoms with E-state index in [1.54, 1.807) is 30.3 Å². The monoisotopic (exact) mass is 437 g/mol. The number of alkyl halides is 2. The first-order valence-corrected chi connectivity index (χ1v) is 11.2. The summed E-state index contributed by atoms with van der Waals surface area (Å²) in [7, 11) is -2.95. The Labute approximate surface area is 175 Å². The maximum Gasteiger partial charge on any atom is 0.303 e. The van der Waals surface area contributed by atoms with Crippen LogP contribution in [0.2, 0.25) is 1.41 Å². The van der Waals surface area contributed by atoms with E-state index >= 15 is 0 Å². The first kappa shape index (κ1) is 20.4. The van der Waals surface area contributed by atoms with Crippen LogP contribution in [0.3, 0.4) is 0 Å². The van der Waals surface area contributed by atoms with Crippen molar-refractivity contribution in [2.45, 2.75) is 31.7 Å². The molecule has 0 saturated heterocycles. The van der Waals surface area contributed by atoms with Gasteiger partial charge in [0.2, 0.25) is 11.7 Å². The molecule has 160 valence electrons. The topological polar surface area (TPSA) is 105 Å². The molecular formula is C20H22F2N4O3S. The van der Waals surface area contributed by atoms with E-state index in [9.17, 15) is 17.8 Å². The molecule has 2 atom stereocenters. The molecule has 7 nitrogen and oxygen atoms in total. The average molecular weight is 437 g/mol. The van der Waals surface area contributed by atoms with E-state index in [-0.39, 0.29) is 17.2 Å². The Morgan fingerprint density at radius 3 is 2.67 bits per heavy atom. The van der Waals surface area contributed by atoms with Gasteiger partial charge in [-0.3, -0.25) is 4.79 Å². The Kier molecular flexibility index (Phi) is 5.76. The number of amides is 1. The molecule has 30 heavy (non-hydrogen) atoms. The van der Waals surface area contributed by atoms with Gasteiger partial charge in [0.15, 0.2) is 1.41 Å². The molecule has 1 fully saturated rings. The fourth-order valence-electron chi connectivity index (χ4n) is 2.58. The van der Waals surface area contributed by atoms with Crippen molar-refractivity contribution in [1.29, 1.82) is 4.78 Å². The predicted molar refractivity (Wildman–Crippen MR) is 108 cm³/mol. The summed E-state index contributed by atoms with van der Waals surface area (Å²) >= 11 is 0. The molecule has 1 aromatic heterocycles. The van der Waals surface area contributed by atoms with Gasteiger partial charge >= 0.3 is 5.92 Å². The summed E-state index contributed by atoms with van der Waals surface area (Å²) in [5.74, 6) is -5.16. The second kappa shape index (κ2) is 8.47. The third kappa shape index (κ3) is 6.06. The van der Waals surface area contributed by atoms with Crippen LogP contribution in [0.25, 0.3) is 0 Å². The Morgan fingerprint density at radius 2 is 2.10 bits per heavy atom. The Bertz CT molecular complexity index is 1090. The molecule has 10 heteroatoms. The quantitative estimate of drug-likeness (QED) is 0.647. The van der Waals surface area contributed by atoms with Gasteiger partial charge in [0.25, 0.3) is 5.91 Å². The van der Waals surface area contributed by atoms with Crippen molar-refractivity contribution in [3.8, 4) is 11.6 Å². The minimum atomic E-state index is -3.36. The lowest BCUT2D eigenvalue weighted by Gasteiger charge is -2.17. The van der Waals surface area contributed by atoms with E-state index in [0.717, 1.165) is 19.0 Å². The van der Waals surface area contributed by atoms with E-state index in [4.69, 9.17) is 10.9 Å². The molecule has 2 N–H and O–H groups in total. The summed E-state index contributed by atoms with van der Waals surface area (Å²) in [6, 6.07) is 7.49. The van der Waals surface area contributed by atoms with Crippen LogP contribution in [0, 0.1) is 10.7 Å². The number of hydrogen-bond acceptors (Lipinski definition) is 6. The minimum absolute atomic E-state index is 0.0156. The lowest BCUT2D eigenvalue weighted by atomic mass is 10.1. The summed E-state index contributed by atoms with van der Waals surface area (Å²) in [5, 5.41) is 1.84. The number of ether oxygens (including phenoxy) is 1. The number of halogens is 2. The van der Waals surface area contributed by atoms with Crippen molar-refractivity contribution in [2.24, 2.45) is 5.92 Å². The number of carbonyl (C=O) groups is 1. The minimum Gasteiger partial charge on any atom is -0.438 e. The van der Waals surface area contributed by atoms with Gasteiger partial charge in [0, 0.05) is 24.8 Å². The van der Waals surface area contributed by atoms with Crippen molar-refractivity contribution in [3.05, 3.63) is 59.4 Å². The van der Waals surface area contributed by atoms with Crippen LogP contribution in [0.1, 0.15) is 35.9 Å². The van der Waals surface area contributed by atoms with Crippen LogP contribution < -0.4 is 10.0 Å². The van der Waals surface area contributed by atoms with Gasteiger partial charge in [-0.2, -0.15) is 13.8 Å². The van der Waals surface area contributed by atoms with Crippen molar-refractivity contribution in [3.63, 3.8) is 0 Å². The van der Waals surface area contributed by atoms with Crippen molar-refractivity contribution in [2.75, 3.05) is 6.26 Å². The number of rotatable bonds is 8. The smallest absolute Gasteiger partial charge is 0.303 e. The molecule has 3 rings (SSSR count). The molecule has 2 aromatic rings. The van der Waals surface area contributed by atoms with E-state index < -0.39 is 39.3 Å². The SMILES string of the molecule is [2H]N(C(=O)c1cnc(C(C)(F)F)nc1Oc1ccccc1)[C@@H](/C=C/[S@](C)(=N)=O)C1CC1. The molecule has 1 saturated carbocycles. The second-order valence-corrected chi connectivity index (χ2v) is 9.29.